The average Bonchev–Trinajstić information content (AvgIpc) is 3.20. The standard InChI is InChI=1S/C37H46ClN5O5/c1-6-27(44)14-9-13-25-12-7-8-16-30(25)41-35-29(38)24-40-32(42-35)21-19-26-18-20-31-28(34(26)47-5)15-10-17-33(45)43(31)23-11-22-39-36(46)48-37(2,3)4/h6-8,12,16,18,20,24H,1,9-11,13-15,17,19,21-23H2,2-5H3,(H,39,46)(H,40,41,42). The highest BCUT2D eigenvalue weighted by Gasteiger charge is 2.26. The number of halogens is 1. The number of alkyl carbamates (subject to hydrolysis) is 1. The largest absolute Gasteiger partial charge is 0.496 e. The Bertz CT molecular complexity index is 1620. The van der Waals surface area contributed by atoms with Gasteiger partial charge in [-0.15, -0.1) is 0 Å². The maximum atomic E-state index is 13.1. The van der Waals surface area contributed by atoms with Crippen LogP contribution in [0.2, 0.25) is 5.02 Å². The predicted octanol–water partition coefficient (Wildman–Crippen LogP) is 7.33. The van der Waals surface area contributed by atoms with Crippen molar-refractivity contribution in [3.63, 3.8) is 0 Å². The molecule has 11 heteroatoms. The van der Waals surface area contributed by atoms with Crippen molar-refractivity contribution in [2.75, 3.05) is 30.4 Å². The minimum atomic E-state index is -0.571. The number of rotatable bonds is 15. The van der Waals surface area contributed by atoms with Crippen LogP contribution >= 0.6 is 11.6 Å². The Hall–Kier alpha value is -4.44. The van der Waals surface area contributed by atoms with Crippen molar-refractivity contribution in [2.24, 2.45) is 0 Å². The second-order valence-corrected chi connectivity index (χ2v) is 13.1. The molecule has 1 aliphatic rings. The van der Waals surface area contributed by atoms with Crippen LogP contribution in [0.25, 0.3) is 0 Å². The SMILES string of the molecule is C=CC(=O)CCCc1ccccc1Nc1nc(CCc2ccc3c(c2OC)CCCC(=O)N3CCCNC(=O)OC(C)(C)C)ncc1Cl. The highest BCUT2D eigenvalue weighted by Crippen LogP contribution is 2.37. The molecule has 2 N–H and O–H groups in total. The van der Waals surface area contributed by atoms with E-state index >= 15 is 0 Å². The number of anilines is 3. The summed E-state index contributed by atoms with van der Waals surface area (Å²) >= 11 is 6.51. The molecular formula is C37H46ClN5O5. The van der Waals surface area contributed by atoms with E-state index in [1.165, 1.54) is 6.08 Å². The Morgan fingerprint density at radius 1 is 1.06 bits per heavy atom. The first kappa shape index (κ1) is 36.4. The first-order valence-corrected chi connectivity index (χ1v) is 16.8. The molecule has 3 aromatic rings. The Balaban J connectivity index is 1.44. The monoisotopic (exact) mass is 675 g/mol. The molecule has 0 radical (unpaired) electrons. The molecule has 2 aromatic carbocycles. The van der Waals surface area contributed by atoms with Crippen molar-refractivity contribution in [3.8, 4) is 5.75 Å². The van der Waals surface area contributed by atoms with Crippen LogP contribution in [0.5, 0.6) is 5.75 Å². The molecule has 0 spiro atoms. The van der Waals surface area contributed by atoms with Crippen LogP contribution in [-0.2, 0) is 40.0 Å². The van der Waals surface area contributed by atoms with E-state index in [-0.39, 0.29) is 11.7 Å². The van der Waals surface area contributed by atoms with Crippen LogP contribution in [0.15, 0.2) is 55.3 Å². The van der Waals surface area contributed by atoms with Crippen molar-refractivity contribution >= 4 is 46.6 Å². The molecule has 10 nitrogen and oxygen atoms in total. The van der Waals surface area contributed by atoms with Gasteiger partial charge < -0.3 is 25.0 Å². The van der Waals surface area contributed by atoms with Crippen LogP contribution < -0.4 is 20.3 Å². The summed E-state index contributed by atoms with van der Waals surface area (Å²) in [7, 11) is 1.66. The summed E-state index contributed by atoms with van der Waals surface area (Å²) in [6.45, 7) is 9.86. The van der Waals surface area contributed by atoms with Gasteiger partial charge in [0.2, 0.25) is 5.91 Å². The Morgan fingerprint density at radius 3 is 2.60 bits per heavy atom. The first-order chi connectivity index (χ1) is 23.0. The van der Waals surface area contributed by atoms with E-state index in [2.05, 4.69) is 22.2 Å². The summed E-state index contributed by atoms with van der Waals surface area (Å²) < 4.78 is 11.3. The molecule has 256 valence electrons. The van der Waals surface area contributed by atoms with Gasteiger partial charge in [-0.1, -0.05) is 42.4 Å². The summed E-state index contributed by atoms with van der Waals surface area (Å²) in [4.78, 5) is 47.9. The van der Waals surface area contributed by atoms with Gasteiger partial charge in [-0.3, -0.25) is 9.59 Å². The van der Waals surface area contributed by atoms with Gasteiger partial charge in [0, 0.05) is 43.6 Å². The number of hydrogen-bond acceptors (Lipinski definition) is 8. The summed E-state index contributed by atoms with van der Waals surface area (Å²) in [5.74, 6) is 2.01. The van der Waals surface area contributed by atoms with E-state index in [1.54, 1.807) is 18.2 Å². The molecular weight excluding hydrogens is 630 g/mol. The van der Waals surface area contributed by atoms with Crippen LogP contribution in [0.3, 0.4) is 0 Å². The van der Waals surface area contributed by atoms with E-state index in [9.17, 15) is 14.4 Å². The van der Waals surface area contributed by atoms with Crippen LogP contribution in [-0.4, -0.2) is 53.6 Å². The lowest BCUT2D eigenvalue weighted by Crippen LogP contribution is -2.36. The summed E-state index contributed by atoms with van der Waals surface area (Å²) in [6, 6.07) is 11.9. The number of benzene rings is 2. The molecule has 48 heavy (non-hydrogen) atoms. The normalized spacial score (nSPS) is 12.9. The third-order valence-electron chi connectivity index (χ3n) is 7.94. The molecule has 1 aromatic heterocycles. The number of aryl methyl sites for hydroxylation is 3. The fraction of sp³-hybridized carbons (Fsp3) is 0.432. The predicted molar refractivity (Wildman–Crippen MR) is 189 cm³/mol. The van der Waals surface area contributed by atoms with Gasteiger partial charge in [0.1, 0.15) is 22.2 Å². The van der Waals surface area contributed by atoms with E-state index < -0.39 is 11.7 Å². The fourth-order valence-corrected chi connectivity index (χ4v) is 5.82. The minimum absolute atomic E-state index is 0.0329. The Kier molecular flexibility index (Phi) is 13.0. The molecule has 2 heterocycles. The molecule has 0 bridgehead atoms. The maximum absolute atomic E-state index is 13.1. The highest BCUT2D eigenvalue weighted by molar-refractivity contribution is 6.32. The van der Waals surface area contributed by atoms with Gasteiger partial charge in [0.25, 0.3) is 0 Å². The molecule has 0 aliphatic carbocycles. The lowest BCUT2D eigenvalue weighted by atomic mass is 9.99. The van der Waals surface area contributed by atoms with Gasteiger partial charge in [-0.2, -0.15) is 0 Å². The first-order valence-electron chi connectivity index (χ1n) is 16.5. The lowest BCUT2D eigenvalue weighted by molar-refractivity contribution is -0.118. The number of ketones is 1. The topological polar surface area (TPSA) is 123 Å². The number of allylic oxidation sites excluding steroid dienone is 1. The molecule has 0 atom stereocenters. The summed E-state index contributed by atoms with van der Waals surface area (Å²) in [5.41, 5.74) is 4.22. The minimum Gasteiger partial charge on any atom is -0.496 e. The number of nitrogens with zero attached hydrogens (tertiary/aromatic N) is 3. The van der Waals surface area contributed by atoms with Gasteiger partial charge in [0.05, 0.1) is 19.0 Å². The van der Waals surface area contributed by atoms with Gasteiger partial charge in [-0.05, 0) is 88.6 Å². The number of amides is 2. The summed E-state index contributed by atoms with van der Waals surface area (Å²) in [5, 5.41) is 6.55. The van der Waals surface area contributed by atoms with Crippen molar-refractivity contribution in [2.45, 2.75) is 84.2 Å². The third-order valence-corrected chi connectivity index (χ3v) is 8.21. The number of nitrogens with one attached hydrogen (secondary N) is 2. The zero-order valence-corrected chi connectivity index (χ0v) is 29.1. The van der Waals surface area contributed by atoms with Crippen molar-refractivity contribution < 1.29 is 23.9 Å². The quantitative estimate of drug-likeness (QED) is 0.127. The highest BCUT2D eigenvalue weighted by atomic mass is 35.5. The number of aromatic nitrogens is 2. The second kappa shape index (κ2) is 17.1. The lowest BCUT2D eigenvalue weighted by Gasteiger charge is -2.25. The van der Waals surface area contributed by atoms with Crippen molar-refractivity contribution in [1.29, 1.82) is 0 Å². The number of hydrogen-bond donors (Lipinski definition) is 2. The van der Waals surface area contributed by atoms with E-state index in [0.717, 1.165) is 53.1 Å². The number of fused-ring (bicyclic) bond motifs is 1. The number of para-hydroxylation sites is 1. The number of methoxy groups -OCH3 is 1. The number of carbonyl (C=O) groups excluding carboxylic acids is 3. The molecule has 4 rings (SSSR count). The number of ether oxygens (including phenoxy) is 2. The van der Waals surface area contributed by atoms with Gasteiger partial charge in [0.15, 0.2) is 11.6 Å². The average molecular weight is 676 g/mol. The molecule has 0 fully saturated rings. The van der Waals surface area contributed by atoms with Crippen LogP contribution in [0, 0.1) is 0 Å². The fourth-order valence-electron chi connectivity index (χ4n) is 5.69. The molecule has 0 saturated heterocycles. The van der Waals surface area contributed by atoms with Gasteiger partial charge in [-0.25, -0.2) is 14.8 Å². The zero-order valence-electron chi connectivity index (χ0n) is 28.4. The maximum Gasteiger partial charge on any atom is 0.407 e. The molecule has 2 amide bonds. The van der Waals surface area contributed by atoms with E-state index in [0.29, 0.717) is 68.3 Å². The Morgan fingerprint density at radius 2 is 1.85 bits per heavy atom. The smallest absolute Gasteiger partial charge is 0.407 e. The summed E-state index contributed by atoms with van der Waals surface area (Å²) in [6.07, 6.45) is 8.02. The van der Waals surface area contributed by atoms with Crippen molar-refractivity contribution in [1.82, 2.24) is 15.3 Å². The van der Waals surface area contributed by atoms with Crippen LogP contribution in [0.1, 0.15) is 75.4 Å². The Labute approximate surface area is 288 Å². The molecule has 0 unspecified atom stereocenters. The molecule has 1 aliphatic heterocycles. The van der Waals surface area contributed by atoms with Crippen molar-refractivity contribution in [3.05, 3.63) is 82.8 Å². The van der Waals surface area contributed by atoms with E-state index in [1.807, 2.05) is 57.2 Å². The number of carbonyl (C=O) groups is 3. The second-order valence-electron chi connectivity index (χ2n) is 12.7. The van der Waals surface area contributed by atoms with Gasteiger partial charge >= 0.3 is 6.09 Å². The zero-order chi connectivity index (χ0) is 34.7. The molecule has 0 saturated carbocycles. The van der Waals surface area contributed by atoms with Crippen LogP contribution in [0.4, 0.5) is 22.0 Å². The van der Waals surface area contributed by atoms with E-state index in [4.69, 9.17) is 26.1 Å². The third kappa shape index (κ3) is 10.3.